The molecular weight excluding hydrogens is 306 g/mol. The molecule has 6 heteroatoms. The van der Waals surface area contributed by atoms with Crippen LogP contribution in [0.5, 0.6) is 5.75 Å². The molecule has 2 rings (SSSR count). The number of amides is 2. The fourth-order valence-corrected chi connectivity index (χ4v) is 2.79. The summed E-state index contributed by atoms with van der Waals surface area (Å²) in [7, 11) is 1.89. The zero-order valence-corrected chi connectivity index (χ0v) is 14.3. The summed E-state index contributed by atoms with van der Waals surface area (Å²) < 4.78 is 5.51. The molecule has 0 spiro atoms. The largest absolute Gasteiger partial charge is 0.484 e. The lowest BCUT2D eigenvalue weighted by molar-refractivity contribution is -0.137. The van der Waals surface area contributed by atoms with Gasteiger partial charge < -0.3 is 20.3 Å². The van der Waals surface area contributed by atoms with Crippen LogP contribution in [0.1, 0.15) is 19.3 Å². The Morgan fingerprint density at radius 2 is 2.04 bits per heavy atom. The van der Waals surface area contributed by atoms with Gasteiger partial charge >= 0.3 is 0 Å². The zero-order valence-electron chi connectivity index (χ0n) is 14.3. The Kier molecular flexibility index (Phi) is 7.55. The summed E-state index contributed by atoms with van der Waals surface area (Å²) in [5, 5.41) is 6.01. The maximum atomic E-state index is 12.3. The smallest absolute Gasteiger partial charge is 0.260 e. The van der Waals surface area contributed by atoms with Gasteiger partial charge in [0, 0.05) is 19.6 Å². The Morgan fingerprint density at radius 3 is 2.79 bits per heavy atom. The third kappa shape index (κ3) is 5.85. The highest BCUT2D eigenvalue weighted by molar-refractivity contribution is 5.81. The molecule has 1 saturated heterocycles. The number of piperidine rings is 1. The number of para-hydroxylation sites is 1. The van der Waals surface area contributed by atoms with E-state index in [4.69, 9.17) is 4.74 Å². The van der Waals surface area contributed by atoms with Crippen LogP contribution in [0.2, 0.25) is 0 Å². The Hall–Kier alpha value is -2.08. The van der Waals surface area contributed by atoms with Crippen LogP contribution in [0.4, 0.5) is 0 Å². The highest BCUT2D eigenvalue weighted by Gasteiger charge is 2.28. The zero-order chi connectivity index (χ0) is 17.2. The molecule has 1 aromatic carbocycles. The summed E-state index contributed by atoms with van der Waals surface area (Å²) in [6.07, 6.45) is 2.59. The number of likely N-dealkylation sites (tertiary alicyclic amines) is 1. The van der Waals surface area contributed by atoms with E-state index >= 15 is 0 Å². The molecule has 0 radical (unpaired) electrons. The van der Waals surface area contributed by atoms with E-state index in [1.165, 1.54) is 0 Å². The second-order valence-corrected chi connectivity index (χ2v) is 6.03. The number of rotatable bonds is 8. The quantitative estimate of drug-likeness (QED) is 0.697. The summed E-state index contributed by atoms with van der Waals surface area (Å²) >= 11 is 0. The van der Waals surface area contributed by atoms with Gasteiger partial charge in [0.15, 0.2) is 6.61 Å². The van der Waals surface area contributed by atoms with Gasteiger partial charge in [0.25, 0.3) is 5.91 Å². The van der Waals surface area contributed by atoms with Gasteiger partial charge in [0.1, 0.15) is 5.75 Å². The summed E-state index contributed by atoms with van der Waals surface area (Å²) in [5.74, 6) is 0.551. The Balaban J connectivity index is 1.75. The van der Waals surface area contributed by atoms with E-state index in [2.05, 4.69) is 10.6 Å². The molecule has 1 aromatic rings. The molecule has 132 valence electrons. The number of carbonyl (C=O) groups excluding carboxylic acids is 2. The second kappa shape index (κ2) is 9.93. The molecule has 2 N–H and O–H groups in total. The molecule has 1 aliphatic heterocycles. The van der Waals surface area contributed by atoms with Crippen LogP contribution in [-0.4, -0.2) is 56.5 Å². The maximum absolute atomic E-state index is 12.3. The lowest BCUT2D eigenvalue weighted by atomic mass is 9.97. The van der Waals surface area contributed by atoms with E-state index in [-0.39, 0.29) is 24.3 Å². The van der Waals surface area contributed by atoms with Gasteiger partial charge in [-0.3, -0.25) is 9.59 Å². The van der Waals surface area contributed by atoms with E-state index in [9.17, 15) is 9.59 Å². The molecule has 2 amide bonds. The minimum absolute atomic E-state index is 0.0144. The normalized spacial score (nSPS) is 17.4. The van der Waals surface area contributed by atoms with E-state index < -0.39 is 0 Å². The van der Waals surface area contributed by atoms with Gasteiger partial charge in [0.05, 0.1) is 5.92 Å². The third-order valence-corrected chi connectivity index (χ3v) is 4.15. The number of nitrogens with zero attached hydrogens (tertiary/aromatic N) is 1. The van der Waals surface area contributed by atoms with Crippen LogP contribution in [-0.2, 0) is 9.59 Å². The van der Waals surface area contributed by atoms with E-state index in [1.807, 2.05) is 37.4 Å². The summed E-state index contributed by atoms with van der Waals surface area (Å²) in [6.45, 7) is 2.74. The van der Waals surface area contributed by atoms with Crippen LogP contribution in [0.25, 0.3) is 0 Å². The number of hydrogen-bond acceptors (Lipinski definition) is 4. The monoisotopic (exact) mass is 333 g/mol. The number of ether oxygens (including phenoxy) is 1. The molecule has 1 atom stereocenters. The van der Waals surface area contributed by atoms with Gasteiger partial charge in [-0.05, 0) is 45.0 Å². The Labute approximate surface area is 143 Å². The molecule has 24 heavy (non-hydrogen) atoms. The SMILES string of the molecule is CNCCCNC(=O)C1CCCN(C(=O)COc2ccccc2)C1. The molecule has 1 fully saturated rings. The molecule has 0 bridgehead atoms. The van der Waals surface area contributed by atoms with Crippen molar-refractivity contribution in [2.24, 2.45) is 5.92 Å². The third-order valence-electron chi connectivity index (χ3n) is 4.15. The summed E-state index contributed by atoms with van der Waals surface area (Å²) in [6, 6.07) is 9.29. The van der Waals surface area contributed by atoms with Gasteiger partial charge in [-0.15, -0.1) is 0 Å². The maximum Gasteiger partial charge on any atom is 0.260 e. The van der Waals surface area contributed by atoms with Crippen molar-refractivity contribution in [1.29, 1.82) is 0 Å². The summed E-state index contributed by atoms with van der Waals surface area (Å²) in [5.41, 5.74) is 0. The minimum Gasteiger partial charge on any atom is -0.484 e. The topological polar surface area (TPSA) is 70.7 Å². The average molecular weight is 333 g/mol. The lowest BCUT2D eigenvalue weighted by Gasteiger charge is -2.32. The molecule has 1 heterocycles. The highest BCUT2D eigenvalue weighted by atomic mass is 16.5. The van der Waals surface area contributed by atoms with Gasteiger partial charge in [0.2, 0.25) is 5.91 Å². The van der Waals surface area contributed by atoms with Crippen molar-refractivity contribution in [3.05, 3.63) is 30.3 Å². The van der Waals surface area contributed by atoms with Crippen molar-refractivity contribution in [3.8, 4) is 5.75 Å². The van der Waals surface area contributed by atoms with Crippen molar-refractivity contribution < 1.29 is 14.3 Å². The number of carbonyl (C=O) groups is 2. The molecule has 0 aromatic heterocycles. The average Bonchev–Trinajstić information content (AvgIpc) is 2.64. The van der Waals surface area contributed by atoms with Crippen LogP contribution < -0.4 is 15.4 Å². The second-order valence-electron chi connectivity index (χ2n) is 6.03. The minimum atomic E-state index is -0.117. The van der Waals surface area contributed by atoms with Gasteiger partial charge in [-0.1, -0.05) is 18.2 Å². The van der Waals surface area contributed by atoms with Crippen LogP contribution >= 0.6 is 0 Å². The van der Waals surface area contributed by atoms with Gasteiger partial charge in [-0.25, -0.2) is 0 Å². The molecule has 6 nitrogen and oxygen atoms in total. The van der Waals surface area contributed by atoms with Crippen molar-refractivity contribution in [2.75, 3.05) is 39.8 Å². The first-order valence-corrected chi connectivity index (χ1v) is 8.58. The van der Waals surface area contributed by atoms with E-state index in [1.54, 1.807) is 4.90 Å². The van der Waals surface area contributed by atoms with E-state index in [0.717, 1.165) is 25.8 Å². The fourth-order valence-electron chi connectivity index (χ4n) is 2.79. The lowest BCUT2D eigenvalue weighted by Crippen LogP contribution is -2.47. The molecular formula is C18H27N3O3. The Morgan fingerprint density at radius 1 is 1.25 bits per heavy atom. The highest BCUT2D eigenvalue weighted by Crippen LogP contribution is 2.17. The van der Waals surface area contributed by atoms with Crippen molar-refractivity contribution in [3.63, 3.8) is 0 Å². The van der Waals surface area contributed by atoms with Crippen LogP contribution in [0.15, 0.2) is 30.3 Å². The van der Waals surface area contributed by atoms with Gasteiger partial charge in [-0.2, -0.15) is 0 Å². The van der Waals surface area contributed by atoms with Crippen LogP contribution in [0, 0.1) is 5.92 Å². The molecule has 0 saturated carbocycles. The van der Waals surface area contributed by atoms with E-state index in [0.29, 0.717) is 25.4 Å². The van der Waals surface area contributed by atoms with Crippen molar-refractivity contribution in [2.45, 2.75) is 19.3 Å². The van der Waals surface area contributed by atoms with Crippen LogP contribution in [0.3, 0.4) is 0 Å². The fraction of sp³-hybridized carbons (Fsp3) is 0.556. The predicted molar refractivity (Wildman–Crippen MR) is 92.8 cm³/mol. The predicted octanol–water partition coefficient (Wildman–Crippen LogP) is 1.03. The molecule has 0 aliphatic carbocycles. The first kappa shape index (κ1) is 18.3. The number of hydrogen-bond donors (Lipinski definition) is 2. The number of benzene rings is 1. The van der Waals surface area contributed by atoms with Crippen molar-refractivity contribution in [1.82, 2.24) is 15.5 Å². The summed E-state index contributed by atoms with van der Waals surface area (Å²) in [4.78, 5) is 26.2. The Bertz CT molecular complexity index is 522. The standard InChI is InChI=1S/C18H27N3O3/c1-19-10-6-11-20-18(23)15-7-5-12-21(13-15)17(22)14-24-16-8-3-2-4-9-16/h2-4,8-9,15,19H,5-7,10-14H2,1H3,(H,20,23). The molecule has 1 unspecified atom stereocenters. The first-order chi connectivity index (χ1) is 11.7. The molecule has 1 aliphatic rings. The first-order valence-electron chi connectivity index (χ1n) is 8.58. The van der Waals surface area contributed by atoms with Crippen molar-refractivity contribution >= 4 is 11.8 Å². The number of nitrogens with one attached hydrogen (secondary N) is 2.